The van der Waals surface area contributed by atoms with Crippen LogP contribution in [0.2, 0.25) is 5.02 Å². The van der Waals surface area contributed by atoms with Crippen molar-refractivity contribution in [2.45, 2.75) is 6.54 Å². The average Bonchev–Trinajstić information content (AvgIpc) is 3.00. The summed E-state index contributed by atoms with van der Waals surface area (Å²) in [6.45, 7) is -0.636. The molecule has 3 amide bonds. The molecule has 0 aromatic heterocycles. The van der Waals surface area contributed by atoms with Crippen LogP contribution in [0, 0.1) is 10.1 Å². The van der Waals surface area contributed by atoms with Gasteiger partial charge in [0.15, 0.2) is 18.1 Å². The number of hydrogen-bond donors (Lipinski definition) is 1. The van der Waals surface area contributed by atoms with Crippen molar-refractivity contribution >= 4 is 52.2 Å². The number of nitro benzene ring substituents is 1. The zero-order chi connectivity index (χ0) is 23.4. The third kappa shape index (κ3) is 5.01. The number of nitrogens with zero attached hydrogens (tertiary/aromatic N) is 2. The highest BCUT2D eigenvalue weighted by Crippen LogP contribution is 2.39. The number of nitro groups is 1. The molecule has 0 atom stereocenters. The first-order chi connectivity index (χ1) is 15.2. The van der Waals surface area contributed by atoms with E-state index in [2.05, 4.69) is 0 Å². The number of nitrogens with two attached hydrogens (primary N) is 1. The van der Waals surface area contributed by atoms with Crippen molar-refractivity contribution < 1.29 is 28.8 Å². The number of thioether (sulfide) groups is 1. The second-order valence-corrected chi connectivity index (χ2v) is 7.84. The quantitative estimate of drug-likeness (QED) is 0.346. The van der Waals surface area contributed by atoms with E-state index < -0.39 is 28.6 Å². The molecule has 166 valence electrons. The zero-order valence-electron chi connectivity index (χ0n) is 16.6. The van der Waals surface area contributed by atoms with E-state index in [9.17, 15) is 24.5 Å². The predicted octanol–water partition coefficient (Wildman–Crippen LogP) is 3.36. The molecule has 1 saturated heterocycles. The summed E-state index contributed by atoms with van der Waals surface area (Å²) in [6.07, 6.45) is 1.44. The Labute approximate surface area is 191 Å². The van der Waals surface area contributed by atoms with Gasteiger partial charge in [0.1, 0.15) is 0 Å². The van der Waals surface area contributed by atoms with Crippen LogP contribution >= 0.6 is 23.4 Å². The summed E-state index contributed by atoms with van der Waals surface area (Å²) in [5.74, 6) is -0.986. The maximum absolute atomic E-state index is 12.8. The maximum Gasteiger partial charge on any atom is 0.293 e. The first-order valence-corrected chi connectivity index (χ1v) is 10.2. The molecule has 3 rings (SSSR count). The summed E-state index contributed by atoms with van der Waals surface area (Å²) in [4.78, 5) is 47.8. The van der Waals surface area contributed by atoms with Crippen molar-refractivity contribution in [3.05, 3.63) is 67.6 Å². The predicted molar refractivity (Wildman–Crippen MR) is 117 cm³/mol. The lowest BCUT2D eigenvalue weighted by Gasteiger charge is -2.13. The molecule has 0 aliphatic carbocycles. The molecule has 1 fully saturated rings. The van der Waals surface area contributed by atoms with Gasteiger partial charge in [-0.05, 0) is 35.5 Å². The Balaban J connectivity index is 1.87. The van der Waals surface area contributed by atoms with Gasteiger partial charge < -0.3 is 15.2 Å². The van der Waals surface area contributed by atoms with E-state index in [0.717, 1.165) is 4.90 Å². The smallest absolute Gasteiger partial charge is 0.293 e. The van der Waals surface area contributed by atoms with E-state index in [4.69, 9.17) is 26.8 Å². The van der Waals surface area contributed by atoms with Crippen LogP contribution < -0.4 is 15.2 Å². The number of primary amides is 1. The molecule has 0 spiro atoms. The second kappa shape index (κ2) is 9.71. The number of carbonyl (C=O) groups is 3. The molecule has 32 heavy (non-hydrogen) atoms. The third-order valence-electron chi connectivity index (χ3n) is 4.30. The monoisotopic (exact) mass is 477 g/mol. The van der Waals surface area contributed by atoms with Crippen molar-refractivity contribution in [3.63, 3.8) is 0 Å². The molecule has 2 aromatic carbocycles. The fourth-order valence-electron chi connectivity index (χ4n) is 2.89. The molecule has 0 bridgehead atoms. The lowest BCUT2D eigenvalue weighted by Crippen LogP contribution is -2.27. The Bertz CT molecular complexity index is 1150. The molecule has 2 aromatic rings. The van der Waals surface area contributed by atoms with Crippen molar-refractivity contribution in [1.82, 2.24) is 4.90 Å². The van der Waals surface area contributed by atoms with Crippen LogP contribution in [0.15, 0.2) is 41.3 Å². The molecule has 0 saturated carbocycles. The van der Waals surface area contributed by atoms with Gasteiger partial charge in [0.25, 0.3) is 22.7 Å². The average molecular weight is 478 g/mol. The Morgan fingerprint density at radius 3 is 2.69 bits per heavy atom. The number of halogens is 1. The van der Waals surface area contributed by atoms with Crippen LogP contribution in [0.4, 0.5) is 10.5 Å². The van der Waals surface area contributed by atoms with Gasteiger partial charge in [0.2, 0.25) is 0 Å². The maximum atomic E-state index is 12.8. The van der Waals surface area contributed by atoms with Gasteiger partial charge >= 0.3 is 0 Å². The number of imide groups is 1. The molecule has 1 aliphatic heterocycles. The molecule has 10 nitrogen and oxygen atoms in total. The van der Waals surface area contributed by atoms with E-state index in [1.54, 1.807) is 6.07 Å². The van der Waals surface area contributed by atoms with Gasteiger partial charge in [-0.2, -0.15) is 0 Å². The van der Waals surface area contributed by atoms with Crippen LogP contribution in [0.25, 0.3) is 6.08 Å². The van der Waals surface area contributed by atoms with E-state index in [1.165, 1.54) is 43.5 Å². The highest BCUT2D eigenvalue weighted by molar-refractivity contribution is 8.18. The number of ether oxygens (including phenoxy) is 2. The van der Waals surface area contributed by atoms with Crippen LogP contribution in [-0.2, 0) is 16.1 Å². The number of hydrogen-bond acceptors (Lipinski definition) is 8. The Morgan fingerprint density at radius 2 is 2.03 bits per heavy atom. The number of para-hydroxylation sites is 1. The van der Waals surface area contributed by atoms with Gasteiger partial charge in [0.05, 0.1) is 28.5 Å². The minimum atomic E-state index is -0.695. The van der Waals surface area contributed by atoms with Gasteiger partial charge in [-0.1, -0.05) is 29.8 Å². The fourth-order valence-corrected chi connectivity index (χ4v) is 4.00. The van der Waals surface area contributed by atoms with Crippen LogP contribution in [0.5, 0.6) is 11.5 Å². The SMILES string of the molecule is COc1cc(/C=C2\SC(=O)N(Cc3ccccc3[N+](=O)[O-])C2=O)cc(Cl)c1OCC(N)=O. The number of benzene rings is 2. The van der Waals surface area contributed by atoms with Crippen molar-refractivity contribution in [3.8, 4) is 11.5 Å². The van der Waals surface area contributed by atoms with E-state index >= 15 is 0 Å². The number of amides is 3. The van der Waals surface area contributed by atoms with Gasteiger partial charge in [0, 0.05) is 11.6 Å². The van der Waals surface area contributed by atoms with E-state index in [-0.39, 0.29) is 39.2 Å². The number of rotatable bonds is 8. The first kappa shape index (κ1) is 23.1. The lowest BCUT2D eigenvalue weighted by atomic mass is 10.1. The van der Waals surface area contributed by atoms with Crippen LogP contribution in [0.3, 0.4) is 0 Å². The molecule has 1 aliphatic rings. The highest BCUT2D eigenvalue weighted by atomic mass is 35.5. The topological polar surface area (TPSA) is 142 Å². The summed E-state index contributed by atoms with van der Waals surface area (Å²) in [7, 11) is 1.37. The Hall–Kier alpha value is -3.57. The molecule has 0 radical (unpaired) electrons. The number of carbonyl (C=O) groups excluding carboxylic acids is 3. The summed E-state index contributed by atoms with van der Waals surface area (Å²) in [5, 5.41) is 10.8. The third-order valence-corrected chi connectivity index (χ3v) is 5.49. The minimum Gasteiger partial charge on any atom is -0.493 e. The fraction of sp³-hybridized carbons (Fsp3) is 0.150. The number of methoxy groups -OCH3 is 1. The summed E-state index contributed by atoms with van der Waals surface area (Å²) < 4.78 is 10.5. The Morgan fingerprint density at radius 1 is 1.31 bits per heavy atom. The normalized spacial score (nSPS) is 14.7. The van der Waals surface area contributed by atoms with E-state index in [1.807, 2.05) is 0 Å². The van der Waals surface area contributed by atoms with E-state index in [0.29, 0.717) is 17.3 Å². The second-order valence-electron chi connectivity index (χ2n) is 6.44. The van der Waals surface area contributed by atoms with Crippen LogP contribution in [0.1, 0.15) is 11.1 Å². The van der Waals surface area contributed by atoms with Gasteiger partial charge in [-0.15, -0.1) is 0 Å². The van der Waals surface area contributed by atoms with Crippen LogP contribution in [-0.4, -0.2) is 40.6 Å². The summed E-state index contributed by atoms with van der Waals surface area (Å²) >= 11 is 6.91. The van der Waals surface area contributed by atoms with Crippen molar-refractivity contribution in [2.75, 3.05) is 13.7 Å². The summed E-state index contributed by atoms with van der Waals surface area (Å²) in [6, 6.07) is 8.87. The zero-order valence-corrected chi connectivity index (χ0v) is 18.1. The highest BCUT2D eigenvalue weighted by Gasteiger charge is 2.36. The largest absolute Gasteiger partial charge is 0.493 e. The van der Waals surface area contributed by atoms with Gasteiger partial charge in [-0.25, -0.2) is 0 Å². The van der Waals surface area contributed by atoms with Gasteiger partial charge in [-0.3, -0.25) is 29.4 Å². The first-order valence-electron chi connectivity index (χ1n) is 8.97. The Kier molecular flexibility index (Phi) is 7.01. The minimum absolute atomic E-state index is 0.106. The van der Waals surface area contributed by atoms with Crippen molar-refractivity contribution in [2.24, 2.45) is 5.73 Å². The lowest BCUT2D eigenvalue weighted by molar-refractivity contribution is -0.385. The van der Waals surface area contributed by atoms with Crippen molar-refractivity contribution in [1.29, 1.82) is 0 Å². The molecule has 12 heteroatoms. The molecule has 1 heterocycles. The standard InChI is InChI=1S/C20H16ClN3O7S/c1-30-15-7-11(6-13(21)18(15)31-10-17(22)25)8-16-19(26)23(20(27)32-16)9-12-4-2-3-5-14(12)24(28)29/h2-8H,9-10H2,1H3,(H2,22,25)/b16-8-. The molecule has 2 N–H and O–H groups in total. The molecular formula is C20H16ClN3O7S. The molecular weight excluding hydrogens is 462 g/mol. The molecule has 0 unspecified atom stereocenters. The summed E-state index contributed by atoms with van der Waals surface area (Å²) in [5.41, 5.74) is 5.57.